The van der Waals surface area contributed by atoms with Crippen LogP contribution < -0.4 is 0 Å². The van der Waals surface area contributed by atoms with Crippen LogP contribution in [-0.4, -0.2) is 10.7 Å². The second-order valence-electron chi connectivity index (χ2n) is 4.68. The van der Waals surface area contributed by atoms with E-state index in [0.29, 0.717) is 11.8 Å². The van der Waals surface area contributed by atoms with E-state index in [1.165, 1.54) is 18.4 Å². The normalized spacial score (nSPS) is 43.9. The average molecular weight is 166 g/mol. The molecule has 2 saturated carbocycles. The quantitative estimate of drug-likeness (QED) is 0.625. The smallest absolute Gasteiger partial charge is 0.0711 e. The molecule has 0 amide bonds. The Bertz CT molecular complexity index is 213. The topological polar surface area (TPSA) is 20.2 Å². The number of hydrogen-bond acceptors (Lipinski definition) is 1. The fourth-order valence-electron chi connectivity index (χ4n) is 2.54. The molecule has 0 aromatic carbocycles. The molecule has 2 fully saturated rings. The molecule has 0 bridgehead atoms. The lowest BCUT2D eigenvalue weighted by molar-refractivity contribution is 0.0903. The van der Waals surface area contributed by atoms with Gasteiger partial charge in [-0.3, -0.25) is 0 Å². The van der Waals surface area contributed by atoms with Crippen LogP contribution in [0.5, 0.6) is 0 Å². The van der Waals surface area contributed by atoms with Gasteiger partial charge in [0.05, 0.1) is 5.60 Å². The Hall–Kier alpha value is -0.300. The number of hydrogen-bond donors (Lipinski definition) is 1. The Morgan fingerprint density at radius 2 is 2.25 bits per heavy atom. The number of allylic oxidation sites excluding steroid dienone is 2. The molecule has 0 radical (unpaired) electrons. The van der Waals surface area contributed by atoms with Crippen LogP contribution in [-0.2, 0) is 0 Å². The van der Waals surface area contributed by atoms with Crippen molar-refractivity contribution in [2.45, 2.75) is 45.1 Å². The van der Waals surface area contributed by atoms with Crippen molar-refractivity contribution in [2.75, 3.05) is 0 Å². The van der Waals surface area contributed by atoms with Crippen molar-refractivity contribution in [1.29, 1.82) is 0 Å². The molecule has 0 heterocycles. The number of fused-ring (bicyclic) bond motifs is 1. The summed E-state index contributed by atoms with van der Waals surface area (Å²) in [5.74, 6) is 1.23. The van der Waals surface area contributed by atoms with Gasteiger partial charge in [0.25, 0.3) is 0 Å². The molecule has 0 saturated heterocycles. The van der Waals surface area contributed by atoms with E-state index in [1.807, 2.05) is 0 Å². The molecule has 0 aromatic heterocycles. The van der Waals surface area contributed by atoms with Gasteiger partial charge in [0.2, 0.25) is 0 Å². The van der Waals surface area contributed by atoms with Gasteiger partial charge in [-0.15, -0.1) is 0 Å². The van der Waals surface area contributed by atoms with Crippen LogP contribution in [0.15, 0.2) is 11.6 Å². The van der Waals surface area contributed by atoms with Gasteiger partial charge in [-0.25, -0.2) is 0 Å². The predicted octanol–water partition coefficient (Wildman–Crippen LogP) is 2.50. The van der Waals surface area contributed by atoms with Crippen LogP contribution in [0.2, 0.25) is 0 Å². The first-order chi connectivity index (χ1) is 5.63. The molecular formula is C11H18O. The Labute approximate surface area is 74.5 Å². The molecule has 0 aliphatic heterocycles. The van der Waals surface area contributed by atoms with Gasteiger partial charge in [-0.05, 0) is 51.4 Å². The van der Waals surface area contributed by atoms with Gasteiger partial charge >= 0.3 is 0 Å². The van der Waals surface area contributed by atoms with Gasteiger partial charge in [-0.1, -0.05) is 11.6 Å². The van der Waals surface area contributed by atoms with Crippen molar-refractivity contribution in [1.82, 2.24) is 0 Å². The lowest BCUT2D eigenvalue weighted by atomic mass is 9.96. The fraction of sp³-hybridized carbons (Fsp3) is 0.818. The lowest BCUT2D eigenvalue weighted by Gasteiger charge is -2.15. The predicted molar refractivity (Wildman–Crippen MR) is 49.8 cm³/mol. The van der Waals surface area contributed by atoms with Crippen molar-refractivity contribution in [3.05, 3.63) is 11.6 Å². The van der Waals surface area contributed by atoms with E-state index < -0.39 is 0 Å². The first-order valence-corrected chi connectivity index (χ1v) is 4.98. The molecule has 0 unspecified atom stereocenters. The summed E-state index contributed by atoms with van der Waals surface area (Å²) in [6.45, 7) is 4.26. The number of aliphatic hydroxyl groups is 1. The Morgan fingerprint density at radius 3 is 2.67 bits per heavy atom. The number of rotatable bonds is 2. The highest BCUT2D eigenvalue weighted by atomic mass is 16.3. The second kappa shape index (κ2) is 2.59. The van der Waals surface area contributed by atoms with Crippen molar-refractivity contribution in [3.63, 3.8) is 0 Å². The summed E-state index contributed by atoms with van der Waals surface area (Å²) >= 11 is 0. The molecule has 2 rings (SSSR count). The molecule has 1 N–H and O–H groups in total. The second-order valence-corrected chi connectivity index (χ2v) is 4.68. The highest BCUT2D eigenvalue weighted by Crippen LogP contribution is 2.60. The third kappa shape index (κ3) is 1.20. The molecular weight excluding hydrogens is 148 g/mol. The summed E-state index contributed by atoms with van der Waals surface area (Å²) in [7, 11) is 0. The zero-order chi connectivity index (χ0) is 8.77. The highest BCUT2D eigenvalue weighted by Gasteiger charge is 2.61. The SMILES string of the molecule is CC(C)=CC[C@@H]1CC[C@@H]2C[C@]12O. The zero-order valence-corrected chi connectivity index (χ0v) is 8.01. The summed E-state index contributed by atoms with van der Waals surface area (Å²) < 4.78 is 0. The molecule has 2 aliphatic rings. The third-order valence-electron chi connectivity index (χ3n) is 3.50. The minimum absolute atomic E-state index is 0.230. The summed E-state index contributed by atoms with van der Waals surface area (Å²) in [5.41, 5.74) is 1.15. The minimum Gasteiger partial charge on any atom is -0.389 e. The Kier molecular flexibility index (Phi) is 1.80. The van der Waals surface area contributed by atoms with E-state index in [1.54, 1.807) is 0 Å². The average Bonchev–Trinajstić information content (AvgIpc) is 2.54. The monoisotopic (exact) mass is 166 g/mol. The molecule has 2 aliphatic carbocycles. The molecule has 0 aromatic rings. The maximum absolute atomic E-state index is 10.0. The van der Waals surface area contributed by atoms with Gasteiger partial charge in [-0.2, -0.15) is 0 Å². The summed E-state index contributed by atoms with van der Waals surface area (Å²) in [5, 5.41) is 10.0. The fourth-order valence-corrected chi connectivity index (χ4v) is 2.54. The van der Waals surface area contributed by atoms with Crippen LogP contribution >= 0.6 is 0 Å². The first-order valence-electron chi connectivity index (χ1n) is 4.98. The Morgan fingerprint density at radius 1 is 1.50 bits per heavy atom. The van der Waals surface area contributed by atoms with Crippen molar-refractivity contribution < 1.29 is 5.11 Å². The van der Waals surface area contributed by atoms with Crippen LogP contribution in [0.1, 0.15) is 39.5 Å². The maximum atomic E-state index is 10.0. The molecule has 1 heteroatoms. The van der Waals surface area contributed by atoms with E-state index >= 15 is 0 Å². The van der Waals surface area contributed by atoms with Gasteiger partial charge in [0, 0.05) is 0 Å². The standard InChI is InChI=1S/C11H18O/c1-8(2)3-4-9-5-6-10-7-11(9,10)12/h3,9-10,12H,4-7H2,1-2H3/t9-,10-,11+/m1/s1. The van der Waals surface area contributed by atoms with E-state index in [4.69, 9.17) is 0 Å². The van der Waals surface area contributed by atoms with Crippen molar-refractivity contribution in [3.8, 4) is 0 Å². The Balaban J connectivity index is 1.93. The summed E-state index contributed by atoms with van der Waals surface area (Å²) in [6, 6.07) is 0. The van der Waals surface area contributed by atoms with Crippen molar-refractivity contribution in [2.24, 2.45) is 11.8 Å². The molecule has 1 nitrogen and oxygen atoms in total. The van der Waals surface area contributed by atoms with E-state index in [-0.39, 0.29) is 5.60 Å². The van der Waals surface area contributed by atoms with E-state index in [9.17, 15) is 5.11 Å². The molecule has 3 atom stereocenters. The maximum Gasteiger partial charge on any atom is 0.0711 e. The molecule has 0 spiro atoms. The zero-order valence-electron chi connectivity index (χ0n) is 8.01. The van der Waals surface area contributed by atoms with Gasteiger partial charge < -0.3 is 5.11 Å². The van der Waals surface area contributed by atoms with Crippen LogP contribution in [0.25, 0.3) is 0 Å². The van der Waals surface area contributed by atoms with Crippen LogP contribution in [0.4, 0.5) is 0 Å². The largest absolute Gasteiger partial charge is 0.389 e. The van der Waals surface area contributed by atoms with Crippen molar-refractivity contribution >= 4 is 0 Å². The minimum atomic E-state index is -0.230. The molecule has 12 heavy (non-hydrogen) atoms. The van der Waals surface area contributed by atoms with E-state index in [0.717, 1.165) is 12.8 Å². The first kappa shape index (κ1) is 8.31. The van der Waals surface area contributed by atoms with Crippen LogP contribution in [0, 0.1) is 11.8 Å². The summed E-state index contributed by atoms with van der Waals surface area (Å²) in [4.78, 5) is 0. The van der Waals surface area contributed by atoms with Gasteiger partial charge in [0.1, 0.15) is 0 Å². The molecule has 68 valence electrons. The van der Waals surface area contributed by atoms with Crippen LogP contribution in [0.3, 0.4) is 0 Å². The third-order valence-corrected chi connectivity index (χ3v) is 3.50. The highest BCUT2D eigenvalue weighted by molar-refractivity contribution is 5.14. The summed E-state index contributed by atoms with van der Waals surface area (Å²) in [6.07, 6.45) is 6.94. The van der Waals surface area contributed by atoms with E-state index in [2.05, 4.69) is 19.9 Å². The lowest BCUT2D eigenvalue weighted by Crippen LogP contribution is -2.18. The van der Waals surface area contributed by atoms with Gasteiger partial charge in [0.15, 0.2) is 0 Å².